The number of nitrogens with zero attached hydrogens (tertiary/aromatic N) is 6. The lowest BCUT2D eigenvalue weighted by molar-refractivity contribution is -0.110. The Balaban J connectivity index is 0.934. The number of phosphoric ester groups is 1. The lowest BCUT2D eigenvalue weighted by Gasteiger charge is -2.43. The molecule has 3 aliphatic heterocycles. The predicted octanol–water partition coefficient (Wildman–Crippen LogP) is 8.40. The highest BCUT2D eigenvalue weighted by Crippen LogP contribution is 2.55. The summed E-state index contributed by atoms with van der Waals surface area (Å²) in [4.78, 5) is 23.6. The average Bonchev–Trinajstić information content (AvgIpc) is 3.41. The van der Waals surface area contributed by atoms with E-state index in [0.29, 0.717) is 41.8 Å². The Morgan fingerprint density at radius 1 is 0.820 bits per heavy atom. The quantitative estimate of drug-likeness (QED) is 0.128. The summed E-state index contributed by atoms with van der Waals surface area (Å²) in [6.07, 6.45) is 7.24. The Labute approximate surface area is 360 Å². The number of hydrogen-bond donors (Lipinski definition) is 1. The number of likely N-dealkylation sites (tertiary alicyclic amines) is 1. The number of piperidine rings is 1. The molecule has 2 bridgehead atoms. The fourth-order valence-electron chi connectivity index (χ4n) is 8.29. The van der Waals surface area contributed by atoms with Crippen molar-refractivity contribution in [2.45, 2.75) is 148 Å². The molecule has 0 spiro atoms. The van der Waals surface area contributed by atoms with Gasteiger partial charge in [0.2, 0.25) is 5.88 Å². The summed E-state index contributed by atoms with van der Waals surface area (Å²) in [6.45, 7) is 18.8. The fraction of sp³-hybridized carbons (Fsp3) is 0.636. The van der Waals surface area contributed by atoms with E-state index in [0.717, 1.165) is 63.0 Å². The van der Waals surface area contributed by atoms with E-state index in [1.165, 1.54) is 0 Å². The highest BCUT2D eigenvalue weighted by Gasteiger charge is 2.42. The number of pyridine rings is 1. The molecule has 3 saturated heterocycles. The third-order valence-corrected chi connectivity index (χ3v) is 12.8. The van der Waals surface area contributed by atoms with E-state index in [-0.39, 0.29) is 43.3 Å². The van der Waals surface area contributed by atoms with Crippen molar-refractivity contribution in [1.82, 2.24) is 20.1 Å². The first-order chi connectivity index (χ1) is 28.7. The molecule has 1 aliphatic carbocycles. The van der Waals surface area contributed by atoms with Crippen LogP contribution in [0.15, 0.2) is 48.7 Å². The second-order valence-electron chi connectivity index (χ2n) is 19.4. The number of nitrogens with two attached hydrogens (primary N) is 1. The average molecular weight is 866 g/mol. The van der Waals surface area contributed by atoms with Gasteiger partial charge in [0.1, 0.15) is 17.5 Å². The number of benzene rings is 1. The van der Waals surface area contributed by atoms with Crippen molar-refractivity contribution in [3.05, 3.63) is 48.7 Å². The first-order valence-corrected chi connectivity index (χ1v) is 23.0. The molecule has 2 aromatic heterocycles. The predicted molar refractivity (Wildman–Crippen MR) is 233 cm³/mol. The number of phosphoric acid groups is 1. The van der Waals surface area contributed by atoms with Crippen LogP contribution in [0.4, 0.5) is 22.0 Å². The van der Waals surface area contributed by atoms with E-state index in [1.807, 2.05) is 51.2 Å². The van der Waals surface area contributed by atoms with E-state index in [4.69, 9.17) is 38.3 Å². The topological polar surface area (TPSA) is 173 Å². The van der Waals surface area contributed by atoms with Crippen LogP contribution in [-0.2, 0) is 27.6 Å². The van der Waals surface area contributed by atoms with Crippen LogP contribution in [0.1, 0.15) is 101 Å². The summed E-state index contributed by atoms with van der Waals surface area (Å²) in [7, 11) is -3.98. The van der Waals surface area contributed by atoms with Gasteiger partial charge in [0.25, 0.3) is 0 Å². The van der Waals surface area contributed by atoms with Gasteiger partial charge < -0.3 is 39.4 Å². The van der Waals surface area contributed by atoms with Gasteiger partial charge >= 0.3 is 13.9 Å². The van der Waals surface area contributed by atoms with Crippen molar-refractivity contribution in [3.63, 3.8) is 0 Å². The third kappa shape index (κ3) is 11.8. The molecule has 2 atom stereocenters. The maximum Gasteiger partial charge on any atom is 0.478 e. The number of carbonyl (C=O) groups excluding carboxylic acids is 1. The number of piperazine rings is 1. The number of amides is 1. The van der Waals surface area contributed by atoms with E-state index in [2.05, 4.69) is 37.1 Å². The van der Waals surface area contributed by atoms with Gasteiger partial charge in [-0.15, -0.1) is 10.2 Å². The Morgan fingerprint density at radius 2 is 1.48 bits per heavy atom. The number of anilines is 3. The Morgan fingerprint density at radius 3 is 2.11 bits per heavy atom. The molecule has 1 amide bonds. The number of hydrogen-bond acceptors (Lipinski definition) is 15. The van der Waals surface area contributed by atoms with Gasteiger partial charge in [-0.25, -0.2) is 18.9 Å². The molecule has 5 heterocycles. The zero-order valence-electron chi connectivity index (χ0n) is 37.2. The van der Waals surface area contributed by atoms with E-state index in [1.54, 1.807) is 52.5 Å². The highest BCUT2D eigenvalue weighted by atomic mass is 31.2. The second kappa shape index (κ2) is 17.9. The zero-order valence-corrected chi connectivity index (χ0v) is 38.1. The van der Waals surface area contributed by atoms with Crippen molar-refractivity contribution in [1.29, 1.82) is 0 Å². The van der Waals surface area contributed by atoms with Gasteiger partial charge in [-0.2, -0.15) is 0 Å². The summed E-state index contributed by atoms with van der Waals surface area (Å²) < 4.78 is 55.0. The van der Waals surface area contributed by atoms with E-state index >= 15 is 0 Å². The molecule has 2 N–H and O–H groups in total. The van der Waals surface area contributed by atoms with Crippen molar-refractivity contribution >= 4 is 31.1 Å². The van der Waals surface area contributed by atoms with Gasteiger partial charge in [0, 0.05) is 74.6 Å². The summed E-state index contributed by atoms with van der Waals surface area (Å²) in [5.74, 6) is 1.44. The highest BCUT2D eigenvalue weighted by molar-refractivity contribution is 7.48. The van der Waals surface area contributed by atoms with E-state index < -0.39 is 24.6 Å². The van der Waals surface area contributed by atoms with Crippen LogP contribution in [0.2, 0.25) is 0 Å². The smallest absolute Gasteiger partial charge is 0.474 e. The molecular formula is C44H64N7O9P. The van der Waals surface area contributed by atoms with E-state index in [9.17, 15) is 9.36 Å². The molecule has 334 valence electrons. The molecule has 0 radical (unpaired) electrons. The molecule has 16 nitrogen and oxygen atoms in total. The van der Waals surface area contributed by atoms with Gasteiger partial charge in [0.15, 0.2) is 12.6 Å². The SMILES string of the molecule is CC(C)(C)OC(=O)N1CCC(O[C@H]2C[C@H](Oc3cc(N4C5CCC4CN(c4cc(-c6ccccc6OCOP(=O)(OC(C)(C)C)OC(C)(C)C)nnc4N)C5)ccn3)C2)CC1. The largest absolute Gasteiger partial charge is 0.478 e. The molecule has 2 unspecified atom stereocenters. The number of rotatable bonds is 13. The second-order valence-corrected chi connectivity index (χ2v) is 20.9. The first-order valence-electron chi connectivity index (χ1n) is 21.5. The summed E-state index contributed by atoms with van der Waals surface area (Å²) in [5.41, 5.74) is 7.62. The maximum absolute atomic E-state index is 13.6. The summed E-state index contributed by atoms with van der Waals surface area (Å²) >= 11 is 0. The Bertz CT molecular complexity index is 2010. The van der Waals surface area contributed by atoms with Gasteiger partial charge in [-0.1, -0.05) is 12.1 Å². The van der Waals surface area contributed by atoms with Crippen LogP contribution in [-0.4, -0.2) is 106 Å². The van der Waals surface area contributed by atoms with Gasteiger partial charge in [0.05, 0.1) is 34.8 Å². The number of carbonyl (C=O) groups is 1. The van der Waals surface area contributed by atoms with Crippen LogP contribution >= 0.6 is 7.82 Å². The van der Waals surface area contributed by atoms with Crippen molar-refractivity contribution < 1.29 is 41.9 Å². The molecule has 4 fully saturated rings. The maximum atomic E-state index is 13.6. The molecule has 4 aliphatic rings. The fourth-order valence-corrected chi connectivity index (χ4v) is 9.96. The number of para-hydroxylation sites is 1. The van der Waals surface area contributed by atoms with Crippen molar-refractivity contribution in [2.75, 3.05) is 48.5 Å². The molecule has 3 aromatic rings. The number of ether oxygens (including phenoxy) is 4. The van der Waals surface area contributed by atoms with Crippen LogP contribution in [0.25, 0.3) is 11.3 Å². The lowest BCUT2D eigenvalue weighted by atomic mass is 9.91. The molecule has 1 aromatic carbocycles. The van der Waals surface area contributed by atoms with Gasteiger partial charge in [-0.3, -0.25) is 9.05 Å². The summed E-state index contributed by atoms with van der Waals surface area (Å²) in [6, 6.07) is 14.0. The van der Waals surface area contributed by atoms with Crippen LogP contribution in [0.5, 0.6) is 11.6 Å². The van der Waals surface area contributed by atoms with Crippen LogP contribution in [0, 0.1) is 0 Å². The number of nitrogen functional groups attached to an aromatic ring is 1. The number of fused-ring (bicyclic) bond motifs is 2. The minimum Gasteiger partial charge on any atom is -0.474 e. The Kier molecular flexibility index (Phi) is 13.1. The minimum absolute atomic E-state index is 0.0503. The van der Waals surface area contributed by atoms with Gasteiger partial charge in [-0.05, 0) is 112 Å². The number of aromatic nitrogens is 3. The molecule has 61 heavy (non-hydrogen) atoms. The van der Waals surface area contributed by atoms with Crippen molar-refractivity contribution in [2.24, 2.45) is 0 Å². The zero-order chi connectivity index (χ0) is 43.7. The monoisotopic (exact) mass is 865 g/mol. The minimum atomic E-state index is -3.98. The Hall–Kier alpha value is -4.21. The first kappa shape index (κ1) is 44.8. The lowest BCUT2D eigenvalue weighted by Crippen LogP contribution is -2.54. The molecular weight excluding hydrogens is 801 g/mol. The van der Waals surface area contributed by atoms with Crippen LogP contribution in [0.3, 0.4) is 0 Å². The molecule has 1 saturated carbocycles. The third-order valence-electron chi connectivity index (χ3n) is 10.8. The molecule has 7 rings (SSSR count). The normalized spacial score (nSPS) is 22.5. The molecule has 17 heteroatoms. The summed E-state index contributed by atoms with van der Waals surface area (Å²) in [5, 5.41) is 8.83. The van der Waals surface area contributed by atoms with Crippen LogP contribution < -0.4 is 25.0 Å². The van der Waals surface area contributed by atoms with Crippen molar-refractivity contribution in [3.8, 4) is 22.9 Å². The standard InChI is InChI=1S/C44H64N7O9P/c1-42(2,3)58-41(52)49-20-17-32(18-21-49)56-33-23-34(24-33)57-39-22-29(16-19-46-39)51-30-14-15-31(51)27-50(26-30)37-25-36(47-48-40(37)45)35-12-10-11-13-38(35)54-28-55-61(53,59-43(4,5)6)60-44(7,8)9/h10-13,16,19,22,25,30-34H,14-15,17-18,20-21,23-24,26-28H2,1-9H3,(H2,45,48)/t30?,31?,33-,34-.